The van der Waals surface area contributed by atoms with E-state index in [9.17, 15) is 9.59 Å². The molecule has 8 nitrogen and oxygen atoms in total. The van der Waals surface area contributed by atoms with Crippen LogP contribution in [0.3, 0.4) is 0 Å². The lowest BCUT2D eigenvalue weighted by atomic mass is 9.77. The topological polar surface area (TPSA) is 106 Å². The Labute approximate surface area is 199 Å². The van der Waals surface area contributed by atoms with E-state index in [4.69, 9.17) is 9.15 Å². The van der Waals surface area contributed by atoms with Crippen LogP contribution >= 0.6 is 0 Å². The Bertz CT molecular complexity index is 1200. The summed E-state index contributed by atoms with van der Waals surface area (Å²) >= 11 is 0. The molecule has 2 aromatic heterocycles. The maximum absolute atomic E-state index is 12.9. The van der Waals surface area contributed by atoms with E-state index < -0.39 is 11.7 Å². The number of benzene rings is 1. The van der Waals surface area contributed by atoms with E-state index in [1.165, 1.54) is 0 Å². The van der Waals surface area contributed by atoms with Gasteiger partial charge < -0.3 is 19.8 Å². The van der Waals surface area contributed by atoms with Crippen LogP contribution in [0.15, 0.2) is 41.1 Å². The molecular formula is C26H32N4O4. The highest BCUT2D eigenvalue weighted by atomic mass is 16.6. The number of pyridine rings is 1. The number of ether oxygens (including phenoxy) is 1. The van der Waals surface area contributed by atoms with E-state index in [2.05, 4.69) is 20.6 Å². The van der Waals surface area contributed by atoms with Gasteiger partial charge in [0.1, 0.15) is 11.4 Å². The minimum Gasteiger partial charge on any atom is -0.444 e. The molecule has 0 aliphatic heterocycles. The standard InChI is InChI=1S/C26H32N4O4/c1-16-27-15-21(33-16)18-6-7-19-14-28-22(13-20(19)12-18)29-23(31)17-8-10-26(5,11-9-17)30-24(32)34-25(2,3)4/h6-7,12-15,17H,8-11H2,1-5H3,(H,30,32)(H,28,29,31). The Morgan fingerprint density at radius 3 is 2.47 bits per heavy atom. The minimum absolute atomic E-state index is 0.0480. The van der Waals surface area contributed by atoms with E-state index in [1.54, 1.807) is 12.4 Å². The SMILES string of the molecule is Cc1ncc(-c2ccc3cnc(NC(=O)C4CCC(C)(NC(=O)OC(C)(C)C)CC4)cc3c2)o1. The third kappa shape index (κ3) is 5.73. The fourth-order valence-corrected chi connectivity index (χ4v) is 4.28. The average molecular weight is 465 g/mol. The van der Waals surface area contributed by atoms with E-state index in [-0.39, 0.29) is 17.4 Å². The third-order valence-corrected chi connectivity index (χ3v) is 6.14. The molecule has 1 aliphatic carbocycles. The largest absolute Gasteiger partial charge is 0.444 e. The predicted octanol–water partition coefficient (Wildman–Crippen LogP) is 5.61. The summed E-state index contributed by atoms with van der Waals surface area (Å²) < 4.78 is 11.0. The van der Waals surface area contributed by atoms with Crippen molar-refractivity contribution in [3.63, 3.8) is 0 Å². The first-order chi connectivity index (χ1) is 16.0. The molecule has 0 radical (unpaired) electrons. The summed E-state index contributed by atoms with van der Waals surface area (Å²) in [5.41, 5.74) is -0.00466. The van der Waals surface area contributed by atoms with Crippen LogP contribution in [0.1, 0.15) is 59.3 Å². The Morgan fingerprint density at radius 2 is 1.82 bits per heavy atom. The summed E-state index contributed by atoms with van der Waals surface area (Å²) in [6, 6.07) is 7.81. The van der Waals surface area contributed by atoms with Gasteiger partial charge in [0.05, 0.1) is 6.20 Å². The lowest BCUT2D eigenvalue weighted by Crippen LogP contribution is -2.50. The Kier molecular flexibility index (Phi) is 6.34. The van der Waals surface area contributed by atoms with E-state index in [0.29, 0.717) is 43.2 Å². The van der Waals surface area contributed by atoms with Gasteiger partial charge in [-0.25, -0.2) is 14.8 Å². The lowest BCUT2D eigenvalue weighted by Gasteiger charge is -2.37. The zero-order valence-corrected chi connectivity index (χ0v) is 20.4. The summed E-state index contributed by atoms with van der Waals surface area (Å²) in [4.78, 5) is 33.7. The molecule has 2 amide bonds. The summed E-state index contributed by atoms with van der Waals surface area (Å²) in [7, 11) is 0. The van der Waals surface area contributed by atoms with Crippen molar-refractivity contribution >= 4 is 28.6 Å². The number of carbonyl (C=O) groups is 2. The predicted molar refractivity (Wildman–Crippen MR) is 130 cm³/mol. The molecule has 1 aromatic carbocycles. The smallest absolute Gasteiger partial charge is 0.408 e. The van der Waals surface area contributed by atoms with E-state index >= 15 is 0 Å². The van der Waals surface area contributed by atoms with Crippen LogP contribution in [0.25, 0.3) is 22.1 Å². The van der Waals surface area contributed by atoms with Crippen molar-refractivity contribution in [3.05, 3.63) is 42.5 Å². The first kappa shape index (κ1) is 23.7. The maximum atomic E-state index is 12.9. The number of amides is 2. The molecule has 0 saturated heterocycles. The van der Waals surface area contributed by atoms with Gasteiger partial charge in [-0.15, -0.1) is 0 Å². The molecule has 4 rings (SSSR count). The van der Waals surface area contributed by atoms with Crippen LogP contribution in [-0.2, 0) is 9.53 Å². The third-order valence-electron chi connectivity index (χ3n) is 6.14. The molecule has 2 heterocycles. The Morgan fingerprint density at radius 1 is 1.09 bits per heavy atom. The number of aromatic nitrogens is 2. The molecule has 1 fully saturated rings. The number of rotatable bonds is 4. The van der Waals surface area contributed by atoms with Gasteiger partial charge in [0, 0.05) is 35.5 Å². The van der Waals surface area contributed by atoms with Gasteiger partial charge >= 0.3 is 6.09 Å². The number of carbonyl (C=O) groups excluding carboxylic acids is 2. The van der Waals surface area contributed by atoms with Gasteiger partial charge in [-0.05, 0) is 70.9 Å². The van der Waals surface area contributed by atoms with Crippen molar-refractivity contribution < 1.29 is 18.7 Å². The quantitative estimate of drug-likeness (QED) is 0.520. The van der Waals surface area contributed by atoms with Crippen LogP contribution < -0.4 is 10.6 Å². The van der Waals surface area contributed by atoms with Crippen LogP contribution in [0.4, 0.5) is 10.6 Å². The molecule has 1 aliphatic rings. The highest BCUT2D eigenvalue weighted by molar-refractivity contribution is 5.95. The number of hydrogen-bond acceptors (Lipinski definition) is 6. The summed E-state index contributed by atoms with van der Waals surface area (Å²) in [5, 5.41) is 7.88. The van der Waals surface area contributed by atoms with E-state index in [1.807, 2.05) is 58.9 Å². The molecule has 180 valence electrons. The van der Waals surface area contributed by atoms with Crippen LogP contribution in [-0.4, -0.2) is 33.1 Å². The summed E-state index contributed by atoms with van der Waals surface area (Å²) in [6.45, 7) is 9.33. The molecule has 34 heavy (non-hydrogen) atoms. The summed E-state index contributed by atoms with van der Waals surface area (Å²) in [5.74, 6) is 1.65. The molecular weight excluding hydrogens is 432 g/mol. The molecule has 8 heteroatoms. The van der Waals surface area contributed by atoms with E-state index in [0.717, 1.165) is 16.3 Å². The first-order valence-electron chi connectivity index (χ1n) is 11.6. The van der Waals surface area contributed by atoms with Gasteiger partial charge in [-0.3, -0.25) is 4.79 Å². The number of aryl methyl sites for hydroxylation is 1. The van der Waals surface area contributed by atoms with Gasteiger partial charge in [-0.2, -0.15) is 0 Å². The Hall–Kier alpha value is -3.42. The number of nitrogens with one attached hydrogen (secondary N) is 2. The van der Waals surface area contributed by atoms with Crippen molar-refractivity contribution in [2.45, 2.75) is 71.4 Å². The zero-order valence-electron chi connectivity index (χ0n) is 20.4. The zero-order chi connectivity index (χ0) is 24.5. The second kappa shape index (κ2) is 9.08. The number of anilines is 1. The molecule has 0 bridgehead atoms. The number of oxazole rings is 1. The first-order valence-corrected chi connectivity index (χ1v) is 11.6. The number of fused-ring (bicyclic) bond motifs is 1. The minimum atomic E-state index is -0.543. The fraction of sp³-hybridized carbons (Fsp3) is 0.462. The second-order valence-corrected chi connectivity index (χ2v) is 10.3. The lowest BCUT2D eigenvalue weighted by molar-refractivity contribution is -0.121. The van der Waals surface area contributed by atoms with Crippen molar-refractivity contribution in [1.29, 1.82) is 0 Å². The van der Waals surface area contributed by atoms with Gasteiger partial charge in [-0.1, -0.05) is 12.1 Å². The molecule has 0 atom stereocenters. The molecule has 3 aromatic rings. The summed E-state index contributed by atoms with van der Waals surface area (Å²) in [6.07, 6.45) is 5.81. The van der Waals surface area contributed by atoms with Gasteiger partial charge in [0.15, 0.2) is 11.7 Å². The molecule has 1 saturated carbocycles. The highest BCUT2D eigenvalue weighted by Gasteiger charge is 2.36. The van der Waals surface area contributed by atoms with Crippen LogP contribution in [0.2, 0.25) is 0 Å². The van der Waals surface area contributed by atoms with Crippen molar-refractivity contribution in [3.8, 4) is 11.3 Å². The van der Waals surface area contributed by atoms with Crippen LogP contribution in [0, 0.1) is 12.8 Å². The van der Waals surface area contributed by atoms with Gasteiger partial charge in [0.25, 0.3) is 0 Å². The molecule has 0 unspecified atom stereocenters. The van der Waals surface area contributed by atoms with Crippen molar-refractivity contribution in [2.75, 3.05) is 5.32 Å². The van der Waals surface area contributed by atoms with Crippen molar-refractivity contribution in [1.82, 2.24) is 15.3 Å². The highest BCUT2D eigenvalue weighted by Crippen LogP contribution is 2.33. The fourth-order valence-electron chi connectivity index (χ4n) is 4.28. The van der Waals surface area contributed by atoms with Crippen LogP contribution in [0.5, 0.6) is 0 Å². The number of alkyl carbamates (subject to hydrolysis) is 1. The Balaban J connectivity index is 1.38. The maximum Gasteiger partial charge on any atom is 0.408 e. The second-order valence-electron chi connectivity index (χ2n) is 10.3. The normalized spacial score (nSPS) is 20.7. The van der Waals surface area contributed by atoms with Gasteiger partial charge in [0.2, 0.25) is 5.91 Å². The number of nitrogens with zero attached hydrogens (tertiary/aromatic N) is 2. The number of hydrogen-bond donors (Lipinski definition) is 2. The van der Waals surface area contributed by atoms with Crippen molar-refractivity contribution in [2.24, 2.45) is 5.92 Å². The molecule has 0 spiro atoms. The molecule has 2 N–H and O–H groups in total. The average Bonchev–Trinajstić information content (AvgIpc) is 3.18. The monoisotopic (exact) mass is 464 g/mol.